The number of benzene rings is 10. The molecule has 1 aliphatic carbocycles. The van der Waals surface area contributed by atoms with Crippen LogP contribution in [0.5, 0.6) is 0 Å². The van der Waals surface area contributed by atoms with Gasteiger partial charge in [0.25, 0.3) is 0 Å². The van der Waals surface area contributed by atoms with Crippen molar-refractivity contribution in [2.24, 2.45) is 0 Å². The van der Waals surface area contributed by atoms with Crippen LogP contribution in [-0.2, 0) is 5.41 Å². The van der Waals surface area contributed by atoms with Gasteiger partial charge in [-0.3, -0.25) is 0 Å². The van der Waals surface area contributed by atoms with Crippen LogP contribution in [0.25, 0.3) is 55.3 Å². The fraction of sp³-hybridized carbons (Fsp3) is 0.0169. The molecule has 0 spiro atoms. The number of rotatable bonds is 8. The molecule has 0 saturated heterocycles. The van der Waals surface area contributed by atoms with Crippen molar-refractivity contribution in [1.29, 1.82) is 0 Å². The summed E-state index contributed by atoms with van der Waals surface area (Å²) in [6.07, 6.45) is 0. The highest BCUT2D eigenvalue weighted by atomic mass is 15.1. The second kappa shape index (κ2) is 14.9. The maximum absolute atomic E-state index is 2.44. The molecule has 0 fully saturated rings. The minimum absolute atomic E-state index is 0.524. The molecule has 1 heteroatoms. The van der Waals surface area contributed by atoms with Gasteiger partial charge in [0.1, 0.15) is 0 Å². The fourth-order valence-corrected chi connectivity index (χ4v) is 9.73. The van der Waals surface area contributed by atoms with Crippen molar-refractivity contribution in [2.45, 2.75) is 5.41 Å². The average Bonchev–Trinajstić information content (AvgIpc) is 3.65. The summed E-state index contributed by atoms with van der Waals surface area (Å²) in [5, 5.41) is 2.46. The summed E-state index contributed by atoms with van der Waals surface area (Å²) in [6.45, 7) is 0. The molecule has 11 rings (SSSR count). The summed E-state index contributed by atoms with van der Waals surface area (Å²) in [5.41, 5.74) is 17.7. The maximum atomic E-state index is 2.44. The summed E-state index contributed by atoms with van der Waals surface area (Å²) in [6, 6.07) is 91.0. The van der Waals surface area contributed by atoms with Crippen LogP contribution in [0.3, 0.4) is 0 Å². The fourth-order valence-electron chi connectivity index (χ4n) is 9.73. The minimum atomic E-state index is -0.524. The van der Waals surface area contributed by atoms with Gasteiger partial charge in [-0.05, 0) is 102 Å². The van der Waals surface area contributed by atoms with E-state index in [9.17, 15) is 0 Å². The van der Waals surface area contributed by atoms with Gasteiger partial charge in [0.05, 0.1) is 11.1 Å². The second-order valence-corrected chi connectivity index (χ2v) is 15.6. The highest BCUT2D eigenvalue weighted by Crippen LogP contribution is 2.59. The van der Waals surface area contributed by atoms with Crippen LogP contribution < -0.4 is 4.90 Å². The molecule has 60 heavy (non-hydrogen) atoms. The summed E-state index contributed by atoms with van der Waals surface area (Å²) in [5.74, 6) is 0. The summed E-state index contributed by atoms with van der Waals surface area (Å²) < 4.78 is 0. The Balaban J connectivity index is 1.20. The van der Waals surface area contributed by atoms with Gasteiger partial charge in [0, 0.05) is 16.9 Å². The first-order valence-electron chi connectivity index (χ1n) is 20.8. The lowest BCUT2D eigenvalue weighted by atomic mass is 9.66. The van der Waals surface area contributed by atoms with Gasteiger partial charge in [-0.25, -0.2) is 0 Å². The number of anilines is 3. The third kappa shape index (κ3) is 5.78. The van der Waals surface area contributed by atoms with E-state index in [0.717, 1.165) is 17.1 Å². The smallest absolute Gasteiger partial charge is 0.0719 e. The average molecular weight is 764 g/mol. The number of fused-ring (bicyclic) bond motifs is 5. The molecule has 1 nitrogen and oxygen atoms in total. The van der Waals surface area contributed by atoms with Gasteiger partial charge in [0.15, 0.2) is 0 Å². The normalized spacial score (nSPS) is 12.5. The third-order valence-corrected chi connectivity index (χ3v) is 12.4. The number of nitrogens with zero attached hydrogens (tertiary/aromatic N) is 1. The lowest BCUT2D eigenvalue weighted by molar-refractivity contribution is 0.775. The summed E-state index contributed by atoms with van der Waals surface area (Å²) in [4.78, 5) is 2.44. The number of hydrogen-bond donors (Lipinski definition) is 0. The molecular formula is C59H41N. The monoisotopic (exact) mass is 763 g/mol. The van der Waals surface area contributed by atoms with Gasteiger partial charge in [-0.15, -0.1) is 0 Å². The lowest BCUT2D eigenvalue weighted by Gasteiger charge is -2.35. The van der Waals surface area contributed by atoms with E-state index < -0.39 is 5.41 Å². The zero-order valence-corrected chi connectivity index (χ0v) is 33.1. The highest BCUT2D eigenvalue weighted by molar-refractivity contribution is 6.10. The van der Waals surface area contributed by atoms with Crippen molar-refractivity contribution in [3.05, 3.63) is 271 Å². The van der Waals surface area contributed by atoms with Crippen molar-refractivity contribution in [3.8, 4) is 44.5 Å². The molecule has 0 atom stereocenters. The number of hydrogen-bond acceptors (Lipinski definition) is 1. The van der Waals surface area contributed by atoms with E-state index in [4.69, 9.17) is 0 Å². The molecular weight excluding hydrogens is 723 g/mol. The van der Waals surface area contributed by atoms with Gasteiger partial charge in [-0.2, -0.15) is 0 Å². The molecule has 0 aromatic heterocycles. The first kappa shape index (κ1) is 35.4. The third-order valence-electron chi connectivity index (χ3n) is 12.4. The molecule has 282 valence electrons. The Morgan fingerprint density at radius 3 is 1.22 bits per heavy atom. The largest absolute Gasteiger partial charge is 0.310 e. The summed E-state index contributed by atoms with van der Waals surface area (Å²) in [7, 11) is 0. The highest BCUT2D eigenvalue weighted by Gasteiger charge is 2.47. The first-order chi connectivity index (χ1) is 29.8. The maximum Gasteiger partial charge on any atom is 0.0719 e. The van der Waals surface area contributed by atoms with Crippen molar-refractivity contribution in [1.82, 2.24) is 0 Å². The van der Waals surface area contributed by atoms with E-state index >= 15 is 0 Å². The topological polar surface area (TPSA) is 3.24 Å². The minimum Gasteiger partial charge on any atom is -0.310 e. The van der Waals surface area contributed by atoms with Crippen LogP contribution in [0, 0.1) is 0 Å². The van der Waals surface area contributed by atoms with Gasteiger partial charge >= 0.3 is 0 Å². The van der Waals surface area contributed by atoms with Crippen molar-refractivity contribution >= 4 is 27.8 Å². The molecule has 0 heterocycles. The Bertz CT molecular complexity index is 2960. The second-order valence-electron chi connectivity index (χ2n) is 15.6. The molecule has 10 aromatic carbocycles. The molecule has 10 aromatic rings. The Hall–Kier alpha value is -7.74. The van der Waals surface area contributed by atoms with Gasteiger partial charge in [-0.1, -0.05) is 218 Å². The van der Waals surface area contributed by atoms with Gasteiger partial charge < -0.3 is 4.90 Å². The van der Waals surface area contributed by atoms with E-state index in [1.165, 1.54) is 77.5 Å². The molecule has 0 bridgehead atoms. The van der Waals surface area contributed by atoms with Crippen LogP contribution in [-0.4, -0.2) is 0 Å². The molecule has 0 saturated carbocycles. The van der Waals surface area contributed by atoms with Crippen LogP contribution in [0.4, 0.5) is 17.1 Å². The molecule has 0 amide bonds. The predicted octanol–water partition coefficient (Wildman–Crippen LogP) is 15.7. The Morgan fingerprint density at radius 1 is 0.283 bits per heavy atom. The quantitative estimate of drug-likeness (QED) is 0.149. The van der Waals surface area contributed by atoms with E-state index in [1.54, 1.807) is 0 Å². The SMILES string of the molecule is c1ccc(-c2ccc(N(c3ccc(-c4ccccc4)cc3)c3ccc4c5c(ccc4c3-c3ccccc3)-c3ccccc3C5(c3ccccc3)c3ccccc3)cc2)cc1. The predicted molar refractivity (Wildman–Crippen MR) is 252 cm³/mol. The van der Waals surface area contributed by atoms with Crippen molar-refractivity contribution in [3.63, 3.8) is 0 Å². The van der Waals surface area contributed by atoms with Crippen molar-refractivity contribution in [2.75, 3.05) is 4.90 Å². The van der Waals surface area contributed by atoms with E-state index in [1.807, 2.05) is 0 Å². The van der Waals surface area contributed by atoms with Crippen molar-refractivity contribution < 1.29 is 0 Å². The molecule has 0 N–H and O–H groups in total. The zero-order valence-electron chi connectivity index (χ0n) is 33.1. The summed E-state index contributed by atoms with van der Waals surface area (Å²) >= 11 is 0. The Labute approximate surface area is 352 Å². The Kier molecular flexibility index (Phi) is 8.79. The standard InChI is InChI=1S/C59H41N/c1-6-18-42(19-7-1)44-30-34-49(35-31-44)60(50-36-32-45(33-37-50)43-20-8-2-9-21-43)56-41-40-54-52(57(56)46-22-10-3-11-23-46)38-39-53-51-28-16-17-29-55(51)59(58(53)54,47-24-12-4-13-25-47)48-26-14-5-15-27-48/h1-41H. The lowest BCUT2D eigenvalue weighted by Crippen LogP contribution is -2.28. The molecule has 1 aliphatic rings. The van der Waals surface area contributed by atoms with Crippen LogP contribution in [0.2, 0.25) is 0 Å². The van der Waals surface area contributed by atoms with Crippen LogP contribution in [0.15, 0.2) is 249 Å². The zero-order chi connectivity index (χ0) is 39.9. The van der Waals surface area contributed by atoms with E-state index in [-0.39, 0.29) is 0 Å². The van der Waals surface area contributed by atoms with Crippen LogP contribution >= 0.6 is 0 Å². The first-order valence-corrected chi connectivity index (χ1v) is 20.8. The van der Waals surface area contributed by atoms with Gasteiger partial charge in [0.2, 0.25) is 0 Å². The van der Waals surface area contributed by atoms with E-state index in [0.29, 0.717) is 0 Å². The van der Waals surface area contributed by atoms with E-state index in [2.05, 4.69) is 254 Å². The Morgan fingerprint density at radius 2 is 0.700 bits per heavy atom. The molecule has 0 unspecified atom stereocenters. The van der Waals surface area contributed by atoms with Crippen LogP contribution in [0.1, 0.15) is 22.3 Å². The molecule has 0 radical (unpaired) electrons. The molecule has 0 aliphatic heterocycles.